The molecule has 6 nitrogen and oxygen atoms in total. The molecule has 0 aliphatic rings. The Bertz CT molecular complexity index is 612. The van der Waals surface area contributed by atoms with Crippen LogP contribution in [0.4, 0.5) is 10.1 Å². The minimum atomic E-state index is -0.475. The van der Waals surface area contributed by atoms with Crippen molar-refractivity contribution in [1.29, 1.82) is 0 Å². The van der Waals surface area contributed by atoms with E-state index in [0.29, 0.717) is 29.9 Å². The molecule has 0 amide bonds. The number of pyridine rings is 1. The summed E-state index contributed by atoms with van der Waals surface area (Å²) >= 11 is 0. The van der Waals surface area contributed by atoms with E-state index in [9.17, 15) is 9.18 Å². The van der Waals surface area contributed by atoms with Crippen molar-refractivity contribution in [3.63, 3.8) is 0 Å². The SMILES string of the molecule is CCOC(=O)c1cnn2cc(F)c(NCCOC)cc12. The molecular formula is C13H16FN3O3. The predicted octanol–water partition coefficient (Wildman–Crippen LogP) is 1.71. The van der Waals surface area contributed by atoms with Gasteiger partial charge in [0.2, 0.25) is 0 Å². The number of aromatic nitrogens is 2. The molecule has 0 saturated carbocycles. The van der Waals surface area contributed by atoms with Crippen LogP contribution in [0.1, 0.15) is 17.3 Å². The van der Waals surface area contributed by atoms with Crippen molar-refractivity contribution < 1.29 is 18.7 Å². The van der Waals surface area contributed by atoms with Crippen LogP contribution < -0.4 is 5.32 Å². The van der Waals surface area contributed by atoms with E-state index in [1.54, 1.807) is 14.0 Å². The number of fused-ring (bicyclic) bond motifs is 1. The lowest BCUT2D eigenvalue weighted by Crippen LogP contribution is -2.10. The van der Waals surface area contributed by atoms with Gasteiger partial charge in [0.25, 0.3) is 0 Å². The first-order valence-corrected chi connectivity index (χ1v) is 6.24. The Morgan fingerprint density at radius 1 is 1.55 bits per heavy atom. The van der Waals surface area contributed by atoms with Gasteiger partial charge in [0.05, 0.1) is 36.8 Å². The summed E-state index contributed by atoms with van der Waals surface area (Å²) < 4.78 is 25.0. The topological polar surface area (TPSA) is 64.9 Å². The highest BCUT2D eigenvalue weighted by molar-refractivity contribution is 5.97. The van der Waals surface area contributed by atoms with Crippen molar-refractivity contribution in [3.8, 4) is 0 Å². The fraction of sp³-hybridized carbons (Fsp3) is 0.385. The minimum absolute atomic E-state index is 0.274. The number of rotatable bonds is 6. The molecule has 7 heteroatoms. The number of hydrogen-bond acceptors (Lipinski definition) is 5. The van der Waals surface area contributed by atoms with E-state index in [2.05, 4.69) is 10.4 Å². The first-order valence-electron chi connectivity index (χ1n) is 6.24. The van der Waals surface area contributed by atoms with Crippen LogP contribution in [0.3, 0.4) is 0 Å². The lowest BCUT2D eigenvalue weighted by molar-refractivity contribution is 0.0528. The quantitative estimate of drug-likeness (QED) is 0.645. The monoisotopic (exact) mass is 281 g/mol. The molecule has 108 valence electrons. The highest BCUT2D eigenvalue weighted by atomic mass is 19.1. The van der Waals surface area contributed by atoms with Crippen molar-refractivity contribution in [2.24, 2.45) is 0 Å². The van der Waals surface area contributed by atoms with Gasteiger partial charge in [0.15, 0.2) is 5.82 Å². The van der Waals surface area contributed by atoms with E-state index >= 15 is 0 Å². The summed E-state index contributed by atoms with van der Waals surface area (Å²) in [6, 6.07) is 1.53. The second-order valence-electron chi connectivity index (χ2n) is 4.06. The number of esters is 1. The molecule has 0 aliphatic carbocycles. The number of ether oxygens (including phenoxy) is 2. The van der Waals surface area contributed by atoms with E-state index in [4.69, 9.17) is 9.47 Å². The Morgan fingerprint density at radius 2 is 2.35 bits per heavy atom. The molecular weight excluding hydrogens is 265 g/mol. The second kappa shape index (κ2) is 6.33. The van der Waals surface area contributed by atoms with Gasteiger partial charge in [-0.2, -0.15) is 5.10 Å². The number of carbonyl (C=O) groups excluding carboxylic acids is 1. The molecule has 2 aromatic heterocycles. The van der Waals surface area contributed by atoms with Crippen LogP contribution in [0.15, 0.2) is 18.5 Å². The van der Waals surface area contributed by atoms with E-state index in [1.165, 1.54) is 23.0 Å². The zero-order valence-electron chi connectivity index (χ0n) is 11.4. The molecule has 2 rings (SSSR count). The Kier molecular flexibility index (Phi) is 4.52. The normalized spacial score (nSPS) is 10.8. The van der Waals surface area contributed by atoms with Crippen molar-refractivity contribution in [3.05, 3.63) is 29.8 Å². The highest BCUT2D eigenvalue weighted by Gasteiger charge is 2.16. The van der Waals surface area contributed by atoms with Crippen LogP contribution in [0.25, 0.3) is 5.52 Å². The third-order valence-electron chi connectivity index (χ3n) is 2.72. The fourth-order valence-corrected chi connectivity index (χ4v) is 1.79. The third-order valence-corrected chi connectivity index (χ3v) is 2.72. The van der Waals surface area contributed by atoms with Gasteiger partial charge in [-0.1, -0.05) is 0 Å². The molecule has 0 aromatic carbocycles. The van der Waals surface area contributed by atoms with Gasteiger partial charge in [0.1, 0.15) is 5.56 Å². The summed E-state index contributed by atoms with van der Waals surface area (Å²) in [6.45, 7) is 2.92. The first-order chi connectivity index (χ1) is 9.67. The minimum Gasteiger partial charge on any atom is -0.462 e. The van der Waals surface area contributed by atoms with Gasteiger partial charge in [-0.15, -0.1) is 0 Å². The number of anilines is 1. The molecule has 0 atom stereocenters. The summed E-state index contributed by atoms with van der Waals surface area (Å²) in [5.74, 6) is -0.927. The molecule has 20 heavy (non-hydrogen) atoms. The number of nitrogens with zero attached hydrogens (tertiary/aromatic N) is 2. The smallest absolute Gasteiger partial charge is 0.341 e. The van der Waals surface area contributed by atoms with Crippen LogP contribution >= 0.6 is 0 Å². The first kappa shape index (κ1) is 14.3. The predicted molar refractivity (Wildman–Crippen MR) is 71.5 cm³/mol. The molecule has 2 aromatic rings. The molecule has 0 spiro atoms. The van der Waals surface area contributed by atoms with Crippen LogP contribution in [-0.2, 0) is 9.47 Å². The van der Waals surface area contributed by atoms with Gasteiger partial charge in [-0.05, 0) is 13.0 Å². The standard InChI is InChI=1S/C13H16FN3O3/c1-3-20-13(18)9-7-16-17-8-10(14)11(6-12(9)17)15-4-5-19-2/h6-8,15H,3-5H2,1-2H3. The number of carbonyl (C=O) groups is 1. The van der Waals surface area contributed by atoms with E-state index < -0.39 is 11.8 Å². The summed E-state index contributed by atoms with van der Waals surface area (Å²) in [5.41, 5.74) is 1.09. The third kappa shape index (κ3) is 2.88. The van der Waals surface area contributed by atoms with E-state index in [1.807, 2.05) is 0 Å². The van der Waals surface area contributed by atoms with Crippen LogP contribution in [0.2, 0.25) is 0 Å². The number of nitrogens with one attached hydrogen (secondary N) is 1. The Labute approximate surface area is 115 Å². The van der Waals surface area contributed by atoms with Crippen LogP contribution in [0, 0.1) is 5.82 Å². The average molecular weight is 281 g/mol. The van der Waals surface area contributed by atoms with Gasteiger partial charge in [-0.3, -0.25) is 0 Å². The maximum atomic E-state index is 13.8. The molecule has 0 bridgehead atoms. The summed E-state index contributed by atoms with van der Waals surface area (Å²) in [6.07, 6.45) is 2.58. The van der Waals surface area contributed by atoms with Gasteiger partial charge in [-0.25, -0.2) is 13.7 Å². The summed E-state index contributed by atoms with van der Waals surface area (Å²) in [5, 5.41) is 6.84. The van der Waals surface area contributed by atoms with Crippen molar-refractivity contribution in [1.82, 2.24) is 9.61 Å². The summed E-state index contributed by atoms with van der Waals surface area (Å²) in [4.78, 5) is 11.8. The molecule has 0 aliphatic heterocycles. The zero-order chi connectivity index (χ0) is 14.5. The number of methoxy groups -OCH3 is 1. The molecule has 1 N–H and O–H groups in total. The molecule has 0 saturated heterocycles. The van der Waals surface area contributed by atoms with E-state index in [-0.39, 0.29) is 6.61 Å². The van der Waals surface area contributed by atoms with Crippen LogP contribution in [0.5, 0.6) is 0 Å². The maximum Gasteiger partial charge on any atom is 0.341 e. The van der Waals surface area contributed by atoms with Crippen molar-refractivity contribution in [2.75, 3.05) is 32.2 Å². The molecule has 0 fully saturated rings. The van der Waals surface area contributed by atoms with Crippen LogP contribution in [-0.4, -0.2) is 42.5 Å². The van der Waals surface area contributed by atoms with Gasteiger partial charge in [0, 0.05) is 13.7 Å². The Hall–Kier alpha value is -2.15. The Morgan fingerprint density at radius 3 is 3.05 bits per heavy atom. The number of hydrogen-bond donors (Lipinski definition) is 1. The van der Waals surface area contributed by atoms with E-state index in [0.717, 1.165) is 0 Å². The zero-order valence-corrected chi connectivity index (χ0v) is 11.4. The Balaban J connectivity index is 2.33. The van der Waals surface area contributed by atoms with Gasteiger partial charge >= 0.3 is 5.97 Å². The van der Waals surface area contributed by atoms with Crippen molar-refractivity contribution >= 4 is 17.2 Å². The lowest BCUT2D eigenvalue weighted by atomic mass is 10.2. The molecule has 0 radical (unpaired) electrons. The maximum absolute atomic E-state index is 13.8. The highest BCUT2D eigenvalue weighted by Crippen LogP contribution is 2.20. The second-order valence-corrected chi connectivity index (χ2v) is 4.06. The molecule has 0 unspecified atom stereocenters. The van der Waals surface area contributed by atoms with Crippen molar-refractivity contribution in [2.45, 2.75) is 6.92 Å². The van der Waals surface area contributed by atoms with Gasteiger partial charge < -0.3 is 14.8 Å². The molecule has 2 heterocycles. The lowest BCUT2D eigenvalue weighted by Gasteiger charge is -2.08. The fourth-order valence-electron chi connectivity index (χ4n) is 1.79. The largest absolute Gasteiger partial charge is 0.462 e. The number of halogens is 1. The average Bonchev–Trinajstić information content (AvgIpc) is 2.82. The summed E-state index contributed by atoms with van der Waals surface area (Å²) in [7, 11) is 1.57.